The fourth-order valence-corrected chi connectivity index (χ4v) is 5.69. The fraction of sp³-hybridized carbons (Fsp3) is 0.391. The molecule has 1 unspecified atom stereocenters. The highest BCUT2D eigenvalue weighted by molar-refractivity contribution is 7.89. The second-order valence-corrected chi connectivity index (χ2v) is 10.1. The summed E-state index contributed by atoms with van der Waals surface area (Å²) < 4.78 is 32.8. The van der Waals surface area contributed by atoms with Crippen LogP contribution in [0.3, 0.4) is 0 Å². The first-order valence-corrected chi connectivity index (χ1v) is 12.1. The van der Waals surface area contributed by atoms with Crippen LogP contribution in [0.5, 0.6) is 0 Å². The summed E-state index contributed by atoms with van der Waals surface area (Å²) in [7, 11) is -3.68. The molecule has 0 radical (unpaired) electrons. The van der Waals surface area contributed by atoms with Crippen LogP contribution in [0.1, 0.15) is 17.5 Å². The van der Waals surface area contributed by atoms with E-state index in [1.807, 2.05) is 30.3 Å². The van der Waals surface area contributed by atoms with Crippen molar-refractivity contribution in [1.29, 1.82) is 0 Å². The zero-order valence-corrected chi connectivity index (χ0v) is 18.8. The Morgan fingerprint density at radius 3 is 2.56 bits per heavy atom. The maximum atomic E-state index is 13.1. The standard InChI is InChI=1S/C23H27N3O5S/c1-17-7-8-20(14-21(17)32(29,30)26-9-11-31-12-10-26)24-23(28)19-13-22(27)25(16-19)15-18-5-3-2-4-6-18/h2-8,14,19H,9-13,15-16H2,1H3,(H,24,28). The second-order valence-electron chi connectivity index (χ2n) is 8.15. The third kappa shape index (κ3) is 4.85. The van der Waals surface area contributed by atoms with Gasteiger partial charge in [0.2, 0.25) is 21.8 Å². The number of anilines is 1. The van der Waals surface area contributed by atoms with Gasteiger partial charge in [0.15, 0.2) is 0 Å². The SMILES string of the molecule is Cc1ccc(NC(=O)C2CC(=O)N(Cc3ccccc3)C2)cc1S(=O)(=O)N1CCOCC1. The number of carbonyl (C=O) groups excluding carboxylic acids is 2. The van der Waals surface area contributed by atoms with Crippen molar-refractivity contribution in [3.8, 4) is 0 Å². The molecule has 0 aromatic heterocycles. The zero-order valence-electron chi connectivity index (χ0n) is 18.0. The number of hydrogen-bond acceptors (Lipinski definition) is 5. The molecular weight excluding hydrogens is 430 g/mol. The first kappa shape index (κ1) is 22.4. The van der Waals surface area contributed by atoms with Crippen LogP contribution in [-0.2, 0) is 30.9 Å². The van der Waals surface area contributed by atoms with Gasteiger partial charge in [0.25, 0.3) is 0 Å². The van der Waals surface area contributed by atoms with E-state index >= 15 is 0 Å². The average molecular weight is 458 g/mol. The molecule has 9 heteroatoms. The molecule has 32 heavy (non-hydrogen) atoms. The molecule has 0 aliphatic carbocycles. The minimum Gasteiger partial charge on any atom is -0.379 e. The van der Waals surface area contributed by atoms with Crippen LogP contribution in [0.15, 0.2) is 53.4 Å². The molecule has 0 spiro atoms. The smallest absolute Gasteiger partial charge is 0.243 e. The zero-order chi connectivity index (χ0) is 22.7. The minimum absolute atomic E-state index is 0.0616. The highest BCUT2D eigenvalue weighted by Gasteiger charge is 2.34. The molecule has 2 heterocycles. The maximum Gasteiger partial charge on any atom is 0.243 e. The number of amides is 2. The van der Waals surface area contributed by atoms with E-state index in [-0.39, 0.29) is 23.1 Å². The molecule has 4 rings (SSSR count). The number of carbonyl (C=O) groups is 2. The summed E-state index contributed by atoms with van der Waals surface area (Å²) in [5, 5.41) is 2.81. The number of ether oxygens (including phenoxy) is 1. The number of likely N-dealkylation sites (tertiary alicyclic amines) is 1. The molecule has 2 saturated heterocycles. The number of nitrogens with zero attached hydrogens (tertiary/aromatic N) is 2. The summed E-state index contributed by atoms with van der Waals surface area (Å²) >= 11 is 0. The number of aryl methyl sites for hydroxylation is 1. The van der Waals surface area contributed by atoms with E-state index in [0.29, 0.717) is 50.6 Å². The predicted molar refractivity (Wildman–Crippen MR) is 119 cm³/mol. The number of sulfonamides is 1. The Morgan fingerprint density at radius 1 is 1.12 bits per heavy atom. The van der Waals surface area contributed by atoms with E-state index in [4.69, 9.17) is 4.74 Å². The first-order chi connectivity index (χ1) is 15.3. The lowest BCUT2D eigenvalue weighted by Gasteiger charge is -2.27. The van der Waals surface area contributed by atoms with Crippen molar-refractivity contribution in [2.24, 2.45) is 5.92 Å². The highest BCUT2D eigenvalue weighted by atomic mass is 32.2. The number of benzene rings is 2. The van der Waals surface area contributed by atoms with Gasteiger partial charge >= 0.3 is 0 Å². The number of rotatable bonds is 6. The van der Waals surface area contributed by atoms with Gasteiger partial charge in [-0.2, -0.15) is 4.31 Å². The largest absolute Gasteiger partial charge is 0.379 e. The number of hydrogen-bond donors (Lipinski definition) is 1. The third-order valence-corrected chi connectivity index (χ3v) is 7.89. The van der Waals surface area contributed by atoms with E-state index in [9.17, 15) is 18.0 Å². The predicted octanol–water partition coefficient (Wildman–Crippen LogP) is 2.00. The summed E-state index contributed by atoms with van der Waals surface area (Å²) in [6.07, 6.45) is 0.142. The molecule has 2 aliphatic heterocycles. The van der Waals surface area contributed by atoms with E-state index in [0.717, 1.165) is 5.56 Å². The molecule has 2 aromatic rings. The van der Waals surface area contributed by atoms with Crippen molar-refractivity contribution >= 4 is 27.5 Å². The topological polar surface area (TPSA) is 96.0 Å². The molecule has 1 atom stereocenters. The summed E-state index contributed by atoms with van der Waals surface area (Å²) in [4.78, 5) is 27.1. The molecule has 170 valence electrons. The Balaban J connectivity index is 1.44. The van der Waals surface area contributed by atoms with Crippen LogP contribution >= 0.6 is 0 Å². The molecule has 8 nitrogen and oxygen atoms in total. The lowest BCUT2D eigenvalue weighted by atomic mass is 10.1. The molecule has 0 bridgehead atoms. The van der Waals surface area contributed by atoms with Crippen LogP contribution in [0, 0.1) is 12.8 Å². The minimum atomic E-state index is -3.68. The van der Waals surface area contributed by atoms with Crippen LogP contribution in [0.4, 0.5) is 5.69 Å². The monoisotopic (exact) mass is 457 g/mol. The Kier molecular flexibility index (Phi) is 6.59. The molecular formula is C23H27N3O5S. The fourth-order valence-electron chi connectivity index (χ4n) is 4.03. The Hall–Kier alpha value is -2.75. The number of nitrogens with one attached hydrogen (secondary N) is 1. The van der Waals surface area contributed by atoms with Crippen molar-refractivity contribution in [1.82, 2.24) is 9.21 Å². The van der Waals surface area contributed by atoms with Gasteiger partial charge < -0.3 is 15.0 Å². The van der Waals surface area contributed by atoms with E-state index < -0.39 is 15.9 Å². The van der Waals surface area contributed by atoms with Crippen molar-refractivity contribution in [2.75, 3.05) is 38.2 Å². The molecule has 2 fully saturated rings. The Bertz CT molecular complexity index is 1100. The molecule has 1 N–H and O–H groups in total. The second kappa shape index (κ2) is 9.40. The van der Waals surface area contributed by atoms with Crippen LogP contribution < -0.4 is 5.32 Å². The summed E-state index contributed by atoms with van der Waals surface area (Å²) in [5.74, 6) is -0.826. The van der Waals surface area contributed by atoms with Gasteiger partial charge in [-0.15, -0.1) is 0 Å². The molecule has 0 saturated carbocycles. The molecule has 2 amide bonds. The van der Waals surface area contributed by atoms with Gasteiger partial charge in [-0.05, 0) is 30.2 Å². The molecule has 2 aliphatic rings. The van der Waals surface area contributed by atoms with Gasteiger partial charge in [0, 0.05) is 38.3 Å². The summed E-state index contributed by atoms with van der Waals surface area (Å²) in [6, 6.07) is 14.5. The Labute approximate surface area is 188 Å². The van der Waals surface area contributed by atoms with Crippen molar-refractivity contribution in [3.63, 3.8) is 0 Å². The highest BCUT2D eigenvalue weighted by Crippen LogP contribution is 2.26. The normalized spacial score (nSPS) is 19.8. The summed E-state index contributed by atoms with van der Waals surface area (Å²) in [6.45, 7) is 3.88. The lowest BCUT2D eigenvalue weighted by Crippen LogP contribution is -2.40. The van der Waals surface area contributed by atoms with E-state index in [1.165, 1.54) is 10.4 Å². The van der Waals surface area contributed by atoms with Gasteiger partial charge in [0.1, 0.15) is 0 Å². The third-order valence-electron chi connectivity index (χ3n) is 5.85. The quantitative estimate of drug-likeness (QED) is 0.716. The number of morpholine rings is 1. The summed E-state index contributed by atoms with van der Waals surface area (Å²) in [5.41, 5.74) is 2.03. The Morgan fingerprint density at radius 2 is 1.84 bits per heavy atom. The van der Waals surface area contributed by atoms with Crippen LogP contribution in [-0.4, -0.2) is 62.3 Å². The average Bonchev–Trinajstić information content (AvgIpc) is 3.16. The van der Waals surface area contributed by atoms with Gasteiger partial charge in [-0.3, -0.25) is 9.59 Å². The van der Waals surface area contributed by atoms with Gasteiger partial charge in [-0.1, -0.05) is 36.4 Å². The maximum absolute atomic E-state index is 13.1. The van der Waals surface area contributed by atoms with Crippen LogP contribution in [0.2, 0.25) is 0 Å². The lowest BCUT2D eigenvalue weighted by molar-refractivity contribution is -0.128. The molecule has 2 aromatic carbocycles. The van der Waals surface area contributed by atoms with Crippen molar-refractivity contribution in [3.05, 3.63) is 59.7 Å². The van der Waals surface area contributed by atoms with E-state index in [1.54, 1.807) is 24.0 Å². The van der Waals surface area contributed by atoms with Gasteiger partial charge in [0.05, 0.1) is 24.0 Å². The van der Waals surface area contributed by atoms with Gasteiger partial charge in [-0.25, -0.2) is 8.42 Å². The van der Waals surface area contributed by atoms with Crippen molar-refractivity contribution < 1.29 is 22.7 Å². The first-order valence-electron chi connectivity index (χ1n) is 10.7. The van der Waals surface area contributed by atoms with Crippen LogP contribution in [0.25, 0.3) is 0 Å². The van der Waals surface area contributed by atoms with E-state index in [2.05, 4.69) is 5.32 Å². The van der Waals surface area contributed by atoms with Crippen molar-refractivity contribution in [2.45, 2.75) is 24.8 Å².